The standard InChI is InChI=1S/C20H21NO4/c1-19(2,3)20(4,12-21)10-9-17(23)25-16-11-15(22)13-7-5-6-8-14(13)18(16)24/h5-8,11H,9-10H2,1-4H3. The molecule has 0 saturated heterocycles. The first-order valence-electron chi connectivity index (χ1n) is 8.11. The van der Waals surface area contributed by atoms with Crippen LogP contribution in [0.25, 0.3) is 0 Å². The van der Waals surface area contributed by atoms with Crippen LogP contribution in [0.15, 0.2) is 36.1 Å². The van der Waals surface area contributed by atoms with Gasteiger partial charge in [0.15, 0.2) is 11.5 Å². The van der Waals surface area contributed by atoms with Crippen LogP contribution in [0.4, 0.5) is 0 Å². The lowest BCUT2D eigenvalue weighted by atomic mass is 9.66. The SMILES string of the molecule is CC(C)(C)C(C)(C#N)CCC(=O)OC1=CC(=O)c2ccccc2C1=O. The molecule has 1 aliphatic carbocycles. The molecule has 0 N–H and O–H groups in total. The van der Waals surface area contributed by atoms with Crippen LogP contribution in [0, 0.1) is 22.2 Å². The zero-order valence-electron chi connectivity index (χ0n) is 14.9. The van der Waals surface area contributed by atoms with Crippen molar-refractivity contribution in [3.8, 4) is 6.07 Å². The number of nitriles is 1. The summed E-state index contributed by atoms with van der Waals surface area (Å²) in [7, 11) is 0. The number of esters is 1. The van der Waals surface area contributed by atoms with Crippen molar-refractivity contribution < 1.29 is 19.1 Å². The molecule has 0 saturated carbocycles. The molecule has 130 valence electrons. The van der Waals surface area contributed by atoms with Gasteiger partial charge in [0.1, 0.15) is 0 Å². The van der Waals surface area contributed by atoms with Gasteiger partial charge in [-0.1, -0.05) is 45.0 Å². The monoisotopic (exact) mass is 339 g/mol. The molecule has 0 bridgehead atoms. The molecule has 5 nitrogen and oxygen atoms in total. The van der Waals surface area contributed by atoms with Gasteiger partial charge in [-0.2, -0.15) is 5.26 Å². The highest BCUT2D eigenvalue weighted by molar-refractivity contribution is 6.24. The van der Waals surface area contributed by atoms with Crippen LogP contribution in [0.1, 0.15) is 61.3 Å². The summed E-state index contributed by atoms with van der Waals surface area (Å²) in [6, 6.07) is 8.68. The molecule has 0 aromatic heterocycles. The number of rotatable bonds is 4. The molecule has 2 rings (SSSR count). The predicted octanol–water partition coefficient (Wildman–Crippen LogP) is 3.85. The van der Waals surface area contributed by atoms with E-state index in [1.165, 1.54) is 6.07 Å². The quantitative estimate of drug-likeness (QED) is 0.778. The molecule has 1 aromatic carbocycles. The highest BCUT2D eigenvalue weighted by Gasteiger charge is 2.38. The average Bonchev–Trinajstić information content (AvgIpc) is 2.56. The van der Waals surface area contributed by atoms with Crippen LogP contribution in [-0.4, -0.2) is 17.5 Å². The summed E-state index contributed by atoms with van der Waals surface area (Å²) in [6.45, 7) is 7.60. The number of hydrogen-bond acceptors (Lipinski definition) is 5. The molecule has 1 aliphatic rings. The van der Waals surface area contributed by atoms with E-state index in [9.17, 15) is 19.6 Å². The van der Waals surface area contributed by atoms with Crippen LogP contribution in [0.5, 0.6) is 0 Å². The number of ketones is 2. The van der Waals surface area contributed by atoms with Gasteiger partial charge in [-0.05, 0) is 18.8 Å². The lowest BCUT2D eigenvalue weighted by molar-refractivity contribution is -0.139. The first kappa shape index (κ1) is 18.6. The zero-order valence-corrected chi connectivity index (χ0v) is 14.9. The van der Waals surface area contributed by atoms with Crippen LogP contribution in [0.2, 0.25) is 0 Å². The molecule has 25 heavy (non-hydrogen) atoms. The number of hydrogen-bond donors (Lipinski definition) is 0. The molecule has 0 heterocycles. The van der Waals surface area contributed by atoms with Gasteiger partial charge in [0.25, 0.3) is 0 Å². The normalized spacial score (nSPS) is 16.4. The molecule has 0 aliphatic heterocycles. The Kier molecular flexibility index (Phi) is 4.94. The maximum absolute atomic E-state index is 12.4. The predicted molar refractivity (Wildman–Crippen MR) is 91.7 cm³/mol. The summed E-state index contributed by atoms with van der Waals surface area (Å²) in [5, 5.41) is 9.43. The minimum atomic E-state index is -0.709. The molecular formula is C20H21NO4. The topological polar surface area (TPSA) is 84.2 Å². The Balaban J connectivity index is 2.09. The van der Waals surface area contributed by atoms with Gasteiger partial charge in [0, 0.05) is 23.6 Å². The Morgan fingerprint density at radius 2 is 1.72 bits per heavy atom. The molecule has 0 radical (unpaired) electrons. The van der Waals surface area contributed by atoms with Crippen LogP contribution < -0.4 is 0 Å². The van der Waals surface area contributed by atoms with Crippen molar-refractivity contribution in [3.05, 3.63) is 47.2 Å². The summed E-state index contributed by atoms with van der Waals surface area (Å²) < 4.78 is 5.13. The van der Waals surface area contributed by atoms with Gasteiger partial charge in [0.2, 0.25) is 5.78 Å². The van der Waals surface area contributed by atoms with E-state index < -0.39 is 17.2 Å². The third-order valence-corrected chi connectivity index (χ3v) is 4.88. The fourth-order valence-electron chi connectivity index (χ4n) is 2.49. The van der Waals surface area contributed by atoms with Crippen molar-refractivity contribution in [1.29, 1.82) is 5.26 Å². The van der Waals surface area contributed by atoms with E-state index in [1.54, 1.807) is 25.1 Å². The Labute approximate surface area is 147 Å². The number of benzene rings is 1. The first-order valence-corrected chi connectivity index (χ1v) is 8.11. The molecule has 0 spiro atoms. The summed E-state index contributed by atoms with van der Waals surface area (Å²) >= 11 is 0. The number of fused-ring (bicyclic) bond motifs is 1. The maximum atomic E-state index is 12.4. The minimum Gasteiger partial charge on any atom is -0.422 e. The number of Topliss-reactive ketones (excluding diaryl/α,β-unsaturated/α-hetero) is 1. The van der Waals surface area contributed by atoms with Crippen LogP contribution in [0.3, 0.4) is 0 Å². The van der Waals surface area contributed by atoms with E-state index in [2.05, 4.69) is 6.07 Å². The summed E-state index contributed by atoms with van der Waals surface area (Å²) in [5.41, 5.74) is -0.484. The van der Waals surface area contributed by atoms with E-state index >= 15 is 0 Å². The van der Waals surface area contributed by atoms with E-state index in [1.807, 2.05) is 20.8 Å². The lowest BCUT2D eigenvalue weighted by Gasteiger charge is -2.35. The third kappa shape index (κ3) is 3.69. The van der Waals surface area contributed by atoms with Crippen molar-refractivity contribution in [2.24, 2.45) is 10.8 Å². The van der Waals surface area contributed by atoms with Crippen molar-refractivity contribution in [1.82, 2.24) is 0 Å². The number of carbonyl (C=O) groups excluding carboxylic acids is 3. The number of nitrogens with zero attached hydrogens (tertiary/aromatic N) is 1. The summed E-state index contributed by atoms with van der Waals surface area (Å²) in [4.78, 5) is 36.5. The van der Waals surface area contributed by atoms with E-state index in [0.29, 0.717) is 12.0 Å². The van der Waals surface area contributed by atoms with Gasteiger partial charge in [-0.3, -0.25) is 14.4 Å². The van der Waals surface area contributed by atoms with Gasteiger partial charge < -0.3 is 4.74 Å². The second kappa shape index (κ2) is 6.64. The number of allylic oxidation sites excluding steroid dienone is 2. The lowest BCUT2D eigenvalue weighted by Crippen LogP contribution is -2.32. The Hall–Kier alpha value is -2.74. The zero-order chi connectivity index (χ0) is 18.8. The van der Waals surface area contributed by atoms with Gasteiger partial charge in [-0.25, -0.2) is 0 Å². The van der Waals surface area contributed by atoms with E-state index in [-0.39, 0.29) is 28.9 Å². The summed E-state index contributed by atoms with van der Waals surface area (Å²) in [6.07, 6.45) is 1.34. The van der Waals surface area contributed by atoms with E-state index in [0.717, 1.165) is 6.08 Å². The highest BCUT2D eigenvalue weighted by Crippen LogP contribution is 2.41. The number of ether oxygens (including phenoxy) is 1. The van der Waals surface area contributed by atoms with E-state index in [4.69, 9.17) is 4.74 Å². The number of carbonyl (C=O) groups is 3. The van der Waals surface area contributed by atoms with Crippen molar-refractivity contribution >= 4 is 17.5 Å². The second-order valence-electron chi connectivity index (χ2n) is 7.42. The second-order valence-corrected chi connectivity index (χ2v) is 7.42. The fourth-order valence-corrected chi connectivity index (χ4v) is 2.49. The molecule has 0 fully saturated rings. The van der Waals surface area contributed by atoms with Gasteiger partial charge in [0.05, 0.1) is 11.5 Å². The van der Waals surface area contributed by atoms with Crippen molar-refractivity contribution in [2.45, 2.75) is 40.5 Å². The average molecular weight is 339 g/mol. The highest BCUT2D eigenvalue weighted by atomic mass is 16.5. The Bertz CT molecular complexity index is 808. The smallest absolute Gasteiger partial charge is 0.311 e. The largest absolute Gasteiger partial charge is 0.422 e. The third-order valence-electron chi connectivity index (χ3n) is 4.88. The van der Waals surface area contributed by atoms with Crippen molar-refractivity contribution in [3.63, 3.8) is 0 Å². The Morgan fingerprint density at radius 1 is 1.12 bits per heavy atom. The Morgan fingerprint density at radius 3 is 2.28 bits per heavy atom. The maximum Gasteiger partial charge on any atom is 0.311 e. The van der Waals surface area contributed by atoms with Gasteiger partial charge in [-0.15, -0.1) is 0 Å². The molecule has 1 atom stereocenters. The fraction of sp³-hybridized carbons (Fsp3) is 0.400. The molecular weight excluding hydrogens is 318 g/mol. The van der Waals surface area contributed by atoms with Gasteiger partial charge >= 0.3 is 5.97 Å². The van der Waals surface area contributed by atoms with Crippen LogP contribution >= 0.6 is 0 Å². The van der Waals surface area contributed by atoms with Crippen LogP contribution in [-0.2, 0) is 9.53 Å². The van der Waals surface area contributed by atoms with Crippen molar-refractivity contribution in [2.75, 3.05) is 0 Å². The molecule has 1 unspecified atom stereocenters. The molecule has 1 aromatic rings. The first-order chi connectivity index (χ1) is 11.6. The minimum absolute atomic E-state index is 0.0121. The summed E-state index contributed by atoms with van der Waals surface area (Å²) in [5.74, 6) is -1.74. The molecule has 0 amide bonds. The molecule has 5 heteroatoms.